The Morgan fingerprint density at radius 3 is 2.44 bits per heavy atom. The number of amides is 1. The van der Waals surface area contributed by atoms with Gasteiger partial charge in [0.25, 0.3) is 11.5 Å². The second-order valence-corrected chi connectivity index (χ2v) is 7.73. The van der Waals surface area contributed by atoms with Crippen molar-refractivity contribution in [3.8, 4) is 5.69 Å². The lowest BCUT2D eigenvalue weighted by atomic mass is 10.1. The molecule has 7 heteroatoms. The molecule has 1 atom stereocenters. The van der Waals surface area contributed by atoms with E-state index in [0.29, 0.717) is 28.0 Å². The number of halogens is 2. The van der Waals surface area contributed by atoms with Crippen LogP contribution < -0.4 is 5.56 Å². The highest BCUT2D eigenvalue weighted by atomic mass is 35.5. The summed E-state index contributed by atoms with van der Waals surface area (Å²) in [6.07, 6.45) is 0. The highest BCUT2D eigenvalue weighted by Crippen LogP contribution is 2.27. The topological polar surface area (TPSA) is 55.2 Å². The zero-order chi connectivity index (χ0) is 22.8. The van der Waals surface area contributed by atoms with Crippen LogP contribution in [0.25, 0.3) is 16.6 Å². The largest absolute Gasteiger partial charge is 0.329 e. The maximum Gasteiger partial charge on any atom is 0.266 e. The molecule has 162 valence electrons. The van der Waals surface area contributed by atoms with Gasteiger partial charge in [-0.25, -0.2) is 9.37 Å². The first-order chi connectivity index (χ1) is 15.4. The molecule has 0 aliphatic rings. The number of hydrogen-bond donors (Lipinski definition) is 0. The smallest absolute Gasteiger partial charge is 0.266 e. The van der Waals surface area contributed by atoms with Gasteiger partial charge in [0, 0.05) is 6.54 Å². The molecule has 0 fully saturated rings. The van der Waals surface area contributed by atoms with Gasteiger partial charge in [0.2, 0.25) is 0 Å². The van der Waals surface area contributed by atoms with E-state index in [1.165, 1.54) is 16.7 Å². The van der Waals surface area contributed by atoms with Crippen LogP contribution in [0.3, 0.4) is 0 Å². The molecule has 4 rings (SSSR count). The number of carbonyl (C=O) groups excluding carboxylic acids is 1. The first-order valence-corrected chi connectivity index (χ1v) is 10.6. The third kappa shape index (κ3) is 3.78. The van der Waals surface area contributed by atoms with Gasteiger partial charge < -0.3 is 4.90 Å². The van der Waals surface area contributed by atoms with Crippen LogP contribution in [-0.2, 0) is 0 Å². The van der Waals surface area contributed by atoms with Crippen LogP contribution in [0.2, 0.25) is 5.02 Å². The highest BCUT2D eigenvalue weighted by Gasteiger charge is 2.28. The molecule has 0 aliphatic heterocycles. The molecule has 0 N–H and O–H groups in total. The van der Waals surface area contributed by atoms with E-state index in [-0.39, 0.29) is 17.4 Å². The van der Waals surface area contributed by atoms with Gasteiger partial charge in [0.1, 0.15) is 11.6 Å². The minimum Gasteiger partial charge on any atom is -0.329 e. The molecule has 1 unspecified atom stereocenters. The van der Waals surface area contributed by atoms with Crippen molar-refractivity contribution in [3.63, 3.8) is 0 Å². The van der Waals surface area contributed by atoms with E-state index in [2.05, 4.69) is 0 Å². The molecule has 0 radical (unpaired) electrons. The molecule has 0 aliphatic carbocycles. The van der Waals surface area contributed by atoms with E-state index in [0.717, 1.165) is 0 Å². The summed E-state index contributed by atoms with van der Waals surface area (Å²) in [4.78, 5) is 33.0. The fourth-order valence-corrected chi connectivity index (χ4v) is 4.03. The van der Waals surface area contributed by atoms with Gasteiger partial charge in [-0.2, -0.15) is 0 Å². The second kappa shape index (κ2) is 8.93. The van der Waals surface area contributed by atoms with Crippen molar-refractivity contribution in [1.29, 1.82) is 0 Å². The SMILES string of the molecule is CCN(C(=O)c1ccccc1Cl)C(C)c1nc2ccccc2c(=O)n1-c1ccccc1F. The van der Waals surface area contributed by atoms with Crippen molar-refractivity contribution in [3.05, 3.63) is 105 Å². The molecule has 1 aromatic heterocycles. The van der Waals surface area contributed by atoms with Crippen LogP contribution in [0.4, 0.5) is 4.39 Å². The highest BCUT2D eigenvalue weighted by molar-refractivity contribution is 6.33. The van der Waals surface area contributed by atoms with Crippen molar-refractivity contribution < 1.29 is 9.18 Å². The number of aromatic nitrogens is 2. The Bertz CT molecular complexity index is 1370. The number of nitrogens with zero attached hydrogens (tertiary/aromatic N) is 3. The Morgan fingerprint density at radius 2 is 1.72 bits per heavy atom. The summed E-state index contributed by atoms with van der Waals surface area (Å²) in [6, 6.07) is 19.1. The molecule has 4 aromatic rings. The van der Waals surface area contributed by atoms with Gasteiger partial charge >= 0.3 is 0 Å². The minimum atomic E-state index is -0.638. The van der Waals surface area contributed by atoms with Gasteiger partial charge in [-0.15, -0.1) is 0 Å². The lowest BCUT2D eigenvalue weighted by molar-refractivity contribution is 0.0693. The summed E-state index contributed by atoms with van der Waals surface area (Å²) in [7, 11) is 0. The molecular weight excluding hydrogens is 429 g/mol. The number of para-hydroxylation sites is 2. The maximum absolute atomic E-state index is 14.8. The van der Waals surface area contributed by atoms with Crippen molar-refractivity contribution in [2.24, 2.45) is 0 Å². The molecule has 5 nitrogen and oxygen atoms in total. The third-order valence-electron chi connectivity index (χ3n) is 5.44. The fraction of sp³-hybridized carbons (Fsp3) is 0.160. The Morgan fingerprint density at radius 1 is 1.06 bits per heavy atom. The standard InChI is InChI=1S/C25H21ClFN3O2/c1-3-29(24(31)17-10-4-6-12-19(17)26)16(2)23-28-21-14-8-5-11-18(21)25(32)30(23)22-15-9-7-13-20(22)27/h4-16H,3H2,1-2H3. The summed E-state index contributed by atoms with van der Waals surface area (Å²) in [5, 5.41) is 0.702. The molecule has 3 aromatic carbocycles. The van der Waals surface area contributed by atoms with E-state index < -0.39 is 17.4 Å². The summed E-state index contributed by atoms with van der Waals surface area (Å²) in [5.74, 6) is -0.588. The number of benzene rings is 3. The monoisotopic (exact) mass is 449 g/mol. The number of carbonyl (C=O) groups is 1. The lowest BCUT2D eigenvalue weighted by Crippen LogP contribution is -2.37. The quantitative estimate of drug-likeness (QED) is 0.410. The average Bonchev–Trinajstić information content (AvgIpc) is 2.80. The number of hydrogen-bond acceptors (Lipinski definition) is 3. The van der Waals surface area contributed by atoms with Crippen molar-refractivity contribution >= 4 is 28.4 Å². The predicted molar refractivity (Wildman–Crippen MR) is 124 cm³/mol. The van der Waals surface area contributed by atoms with Crippen molar-refractivity contribution in [2.75, 3.05) is 6.54 Å². The first kappa shape index (κ1) is 21.7. The normalized spacial score (nSPS) is 12.0. The van der Waals surface area contributed by atoms with Crippen LogP contribution in [-0.4, -0.2) is 26.9 Å². The molecule has 0 saturated carbocycles. The van der Waals surface area contributed by atoms with Crippen LogP contribution in [0.5, 0.6) is 0 Å². The first-order valence-electron chi connectivity index (χ1n) is 10.3. The third-order valence-corrected chi connectivity index (χ3v) is 5.77. The van der Waals surface area contributed by atoms with E-state index in [4.69, 9.17) is 16.6 Å². The van der Waals surface area contributed by atoms with Gasteiger partial charge in [0.15, 0.2) is 0 Å². The average molecular weight is 450 g/mol. The molecule has 32 heavy (non-hydrogen) atoms. The number of fused-ring (bicyclic) bond motifs is 1. The number of rotatable bonds is 5. The zero-order valence-electron chi connectivity index (χ0n) is 17.6. The summed E-state index contributed by atoms with van der Waals surface area (Å²) in [6.45, 7) is 3.94. The van der Waals surface area contributed by atoms with E-state index in [9.17, 15) is 14.0 Å². The summed E-state index contributed by atoms with van der Waals surface area (Å²) < 4.78 is 16.0. The van der Waals surface area contributed by atoms with E-state index in [1.54, 1.807) is 72.5 Å². The van der Waals surface area contributed by atoms with Crippen LogP contribution in [0.1, 0.15) is 36.1 Å². The molecule has 1 heterocycles. The van der Waals surface area contributed by atoms with Crippen molar-refractivity contribution in [2.45, 2.75) is 19.9 Å². The Balaban J connectivity index is 1.93. The summed E-state index contributed by atoms with van der Waals surface area (Å²) >= 11 is 6.25. The Hall–Kier alpha value is -3.51. The molecular formula is C25H21ClFN3O2. The van der Waals surface area contributed by atoms with E-state index >= 15 is 0 Å². The summed E-state index contributed by atoms with van der Waals surface area (Å²) in [5.41, 5.74) is 0.513. The van der Waals surface area contributed by atoms with Crippen LogP contribution in [0.15, 0.2) is 77.6 Å². The van der Waals surface area contributed by atoms with Crippen LogP contribution >= 0.6 is 11.6 Å². The van der Waals surface area contributed by atoms with E-state index in [1.807, 2.05) is 6.92 Å². The Kier molecular flexibility index (Phi) is 6.06. The predicted octanol–water partition coefficient (Wildman–Crippen LogP) is 5.40. The lowest BCUT2D eigenvalue weighted by Gasteiger charge is -2.30. The second-order valence-electron chi connectivity index (χ2n) is 7.33. The molecule has 1 amide bonds. The maximum atomic E-state index is 14.8. The molecule has 0 saturated heterocycles. The van der Waals surface area contributed by atoms with Gasteiger partial charge in [-0.3, -0.25) is 14.2 Å². The molecule has 0 spiro atoms. The van der Waals surface area contributed by atoms with Gasteiger partial charge in [-0.1, -0.05) is 48.0 Å². The van der Waals surface area contributed by atoms with Crippen molar-refractivity contribution in [1.82, 2.24) is 14.5 Å². The Labute approximate surface area is 189 Å². The molecule has 0 bridgehead atoms. The van der Waals surface area contributed by atoms with Gasteiger partial charge in [0.05, 0.1) is 33.2 Å². The zero-order valence-corrected chi connectivity index (χ0v) is 18.4. The minimum absolute atomic E-state index is 0.0823. The van der Waals surface area contributed by atoms with Crippen LogP contribution in [0, 0.1) is 5.82 Å². The van der Waals surface area contributed by atoms with Gasteiger partial charge in [-0.05, 0) is 50.2 Å². The fourth-order valence-electron chi connectivity index (χ4n) is 3.82.